The van der Waals surface area contributed by atoms with Crippen LogP contribution in [-0.2, 0) is 0 Å². The van der Waals surface area contributed by atoms with Crippen molar-refractivity contribution in [2.45, 2.75) is 38.1 Å². The average Bonchev–Trinajstić information content (AvgIpc) is 2.98. The van der Waals surface area contributed by atoms with Gasteiger partial charge in [-0.25, -0.2) is 0 Å². The second-order valence-corrected chi connectivity index (χ2v) is 5.48. The van der Waals surface area contributed by atoms with Gasteiger partial charge in [-0.05, 0) is 30.7 Å². The molecule has 0 radical (unpaired) electrons. The highest BCUT2D eigenvalue weighted by molar-refractivity contribution is 7.08. The number of aliphatic hydroxyl groups excluding tert-OH is 1. The number of thiophene rings is 1. The van der Waals surface area contributed by atoms with Crippen LogP contribution in [0.1, 0.15) is 43.0 Å². The molecule has 1 fully saturated rings. The quantitative estimate of drug-likeness (QED) is 0.895. The number of carbonyl (C=O) groups excluding carboxylic acids is 1. The molecule has 3 nitrogen and oxygen atoms in total. The molecule has 1 aromatic rings. The summed E-state index contributed by atoms with van der Waals surface area (Å²) in [6.07, 6.45) is 3.80. The molecule has 1 atom stereocenters. The zero-order valence-corrected chi connectivity index (χ0v) is 11.0. The summed E-state index contributed by atoms with van der Waals surface area (Å²) in [5.41, 5.74) is 0.444. The summed E-state index contributed by atoms with van der Waals surface area (Å²) in [5, 5.41) is 13.5. The molecule has 1 aliphatic rings. The Morgan fingerprint density at radius 3 is 3.06 bits per heavy atom. The van der Waals surface area contributed by atoms with Gasteiger partial charge in [-0.1, -0.05) is 13.3 Å². The smallest absolute Gasteiger partial charge is 0.255 e. The number of hydrogen-bond acceptors (Lipinski definition) is 3. The first-order valence-corrected chi connectivity index (χ1v) is 7.13. The van der Waals surface area contributed by atoms with Crippen molar-refractivity contribution in [3.63, 3.8) is 0 Å². The van der Waals surface area contributed by atoms with E-state index in [4.69, 9.17) is 0 Å². The number of rotatable bonds is 4. The molecule has 17 heavy (non-hydrogen) atoms. The third-order valence-electron chi connectivity index (χ3n) is 3.62. The molecule has 4 heteroatoms. The van der Waals surface area contributed by atoms with E-state index in [0.29, 0.717) is 0 Å². The van der Waals surface area contributed by atoms with Crippen LogP contribution < -0.4 is 0 Å². The first-order chi connectivity index (χ1) is 8.23. The van der Waals surface area contributed by atoms with E-state index in [2.05, 4.69) is 6.92 Å². The predicted octanol–water partition coefficient (Wildman–Crippen LogP) is 2.52. The predicted molar refractivity (Wildman–Crippen MR) is 69.3 cm³/mol. The number of hydrogen-bond donors (Lipinski definition) is 1. The molecule has 1 aromatic heterocycles. The van der Waals surface area contributed by atoms with E-state index in [1.165, 1.54) is 11.3 Å². The summed E-state index contributed by atoms with van der Waals surface area (Å²) in [7, 11) is 0. The zero-order chi connectivity index (χ0) is 12.3. The Balaban J connectivity index is 2.21. The molecule has 0 aliphatic carbocycles. The number of amides is 1. The lowest BCUT2D eigenvalue weighted by molar-refractivity contribution is 0.0377. The van der Waals surface area contributed by atoms with Crippen molar-refractivity contribution >= 4 is 17.2 Å². The van der Waals surface area contributed by atoms with Crippen molar-refractivity contribution in [3.05, 3.63) is 22.4 Å². The minimum absolute atomic E-state index is 0.0752. The van der Waals surface area contributed by atoms with Crippen LogP contribution in [0, 0.1) is 0 Å². The van der Waals surface area contributed by atoms with Crippen LogP contribution in [0.4, 0.5) is 0 Å². The van der Waals surface area contributed by atoms with Gasteiger partial charge in [-0.3, -0.25) is 4.79 Å². The van der Waals surface area contributed by atoms with E-state index in [1.807, 2.05) is 21.7 Å². The summed E-state index contributed by atoms with van der Waals surface area (Å²) in [4.78, 5) is 14.3. The molecule has 1 unspecified atom stereocenters. The zero-order valence-electron chi connectivity index (χ0n) is 10.2. The van der Waals surface area contributed by atoms with Gasteiger partial charge in [-0.15, -0.1) is 0 Å². The highest BCUT2D eigenvalue weighted by Crippen LogP contribution is 2.34. The standard InChI is InChI=1S/C13H19NO2S/c1-2-5-13(10-15)6-3-7-14(13)12(16)11-4-8-17-9-11/h4,8-9,15H,2-3,5-7,10H2,1H3. The van der Waals surface area contributed by atoms with Crippen LogP contribution in [-0.4, -0.2) is 34.6 Å². The van der Waals surface area contributed by atoms with E-state index in [-0.39, 0.29) is 18.1 Å². The SMILES string of the molecule is CCCC1(CO)CCCN1C(=O)c1ccsc1. The van der Waals surface area contributed by atoms with Crippen molar-refractivity contribution in [1.82, 2.24) is 4.90 Å². The first kappa shape index (κ1) is 12.6. The Hall–Kier alpha value is -0.870. The van der Waals surface area contributed by atoms with Gasteiger partial charge in [-0.2, -0.15) is 11.3 Å². The highest BCUT2D eigenvalue weighted by atomic mass is 32.1. The van der Waals surface area contributed by atoms with Crippen LogP contribution in [0.3, 0.4) is 0 Å². The largest absolute Gasteiger partial charge is 0.394 e. The molecular formula is C13H19NO2S. The summed E-state index contributed by atoms with van der Waals surface area (Å²) >= 11 is 1.54. The Kier molecular flexibility index (Phi) is 3.84. The van der Waals surface area contributed by atoms with Crippen LogP contribution in [0.2, 0.25) is 0 Å². The van der Waals surface area contributed by atoms with Crippen molar-refractivity contribution in [1.29, 1.82) is 0 Å². The van der Waals surface area contributed by atoms with Gasteiger partial charge < -0.3 is 10.0 Å². The van der Waals surface area contributed by atoms with Gasteiger partial charge in [0.25, 0.3) is 5.91 Å². The number of likely N-dealkylation sites (tertiary alicyclic amines) is 1. The number of carbonyl (C=O) groups is 1. The number of nitrogens with zero attached hydrogens (tertiary/aromatic N) is 1. The molecule has 2 rings (SSSR count). The first-order valence-electron chi connectivity index (χ1n) is 6.18. The lowest BCUT2D eigenvalue weighted by Crippen LogP contribution is -2.49. The maximum absolute atomic E-state index is 12.4. The minimum atomic E-state index is -0.312. The van der Waals surface area contributed by atoms with Crippen molar-refractivity contribution in [2.75, 3.05) is 13.2 Å². The molecule has 0 aromatic carbocycles. The topological polar surface area (TPSA) is 40.5 Å². The fraction of sp³-hybridized carbons (Fsp3) is 0.615. The summed E-state index contributed by atoms with van der Waals surface area (Å²) < 4.78 is 0. The normalized spacial score (nSPS) is 24.2. The maximum atomic E-state index is 12.4. The average molecular weight is 253 g/mol. The van der Waals surface area contributed by atoms with E-state index in [9.17, 15) is 9.90 Å². The van der Waals surface area contributed by atoms with Gasteiger partial charge in [0, 0.05) is 11.9 Å². The Bertz CT molecular complexity index is 377. The molecular weight excluding hydrogens is 234 g/mol. The Morgan fingerprint density at radius 2 is 2.47 bits per heavy atom. The summed E-state index contributed by atoms with van der Waals surface area (Å²) in [6, 6.07) is 1.86. The van der Waals surface area contributed by atoms with Gasteiger partial charge in [0.05, 0.1) is 17.7 Å². The van der Waals surface area contributed by atoms with Gasteiger partial charge in [0.1, 0.15) is 0 Å². The third-order valence-corrected chi connectivity index (χ3v) is 4.30. The molecule has 0 saturated carbocycles. The van der Waals surface area contributed by atoms with Crippen molar-refractivity contribution < 1.29 is 9.90 Å². The highest BCUT2D eigenvalue weighted by Gasteiger charge is 2.42. The summed E-state index contributed by atoms with van der Waals surface area (Å²) in [5.74, 6) is 0.0752. The lowest BCUT2D eigenvalue weighted by Gasteiger charge is -2.37. The lowest BCUT2D eigenvalue weighted by atomic mass is 9.91. The van der Waals surface area contributed by atoms with Gasteiger partial charge in [0.15, 0.2) is 0 Å². The van der Waals surface area contributed by atoms with Crippen LogP contribution >= 0.6 is 11.3 Å². The van der Waals surface area contributed by atoms with Crippen LogP contribution in [0.25, 0.3) is 0 Å². The second-order valence-electron chi connectivity index (χ2n) is 4.70. The van der Waals surface area contributed by atoms with Crippen molar-refractivity contribution in [2.24, 2.45) is 0 Å². The van der Waals surface area contributed by atoms with Crippen LogP contribution in [0.15, 0.2) is 16.8 Å². The van der Waals surface area contributed by atoms with Gasteiger partial charge >= 0.3 is 0 Å². The second kappa shape index (κ2) is 5.19. The van der Waals surface area contributed by atoms with Gasteiger partial charge in [0.2, 0.25) is 0 Å². The van der Waals surface area contributed by atoms with E-state index < -0.39 is 0 Å². The fourth-order valence-corrected chi connectivity index (χ4v) is 3.40. The molecule has 1 saturated heterocycles. The molecule has 0 spiro atoms. The minimum Gasteiger partial charge on any atom is -0.394 e. The number of aliphatic hydroxyl groups is 1. The third kappa shape index (κ3) is 2.24. The molecule has 0 bridgehead atoms. The molecule has 2 heterocycles. The Labute approximate surface area is 106 Å². The monoisotopic (exact) mass is 253 g/mol. The van der Waals surface area contributed by atoms with Crippen LogP contribution in [0.5, 0.6) is 0 Å². The Morgan fingerprint density at radius 1 is 1.65 bits per heavy atom. The molecule has 1 N–H and O–H groups in total. The molecule has 1 amide bonds. The van der Waals surface area contributed by atoms with E-state index in [1.54, 1.807) is 0 Å². The van der Waals surface area contributed by atoms with E-state index in [0.717, 1.165) is 37.8 Å². The molecule has 94 valence electrons. The maximum Gasteiger partial charge on any atom is 0.255 e. The molecule has 1 aliphatic heterocycles. The van der Waals surface area contributed by atoms with E-state index >= 15 is 0 Å². The fourth-order valence-electron chi connectivity index (χ4n) is 2.77. The van der Waals surface area contributed by atoms with Crippen molar-refractivity contribution in [3.8, 4) is 0 Å². The summed E-state index contributed by atoms with van der Waals surface area (Å²) in [6.45, 7) is 2.95.